The summed E-state index contributed by atoms with van der Waals surface area (Å²) in [5, 5.41) is 4.03. The van der Waals surface area contributed by atoms with Gasteiger partial charge in [-0.15, -0.1) is 0 Å². The molecular formula is C20H24F2N6O2S. The van der Waals surface area contributed by atoms with Crippen LogP contribution >= 0.6 is 0 Å². The zero-order valence-electron chi connectivity index (χ0n) is 17.3. The Morgan fingerprint density at radius 1 is 1.26 bits per heavy atom. The maximum absolute atomic E-state index is 13.1. The van der Waals surface area contributed by atoms with Crippen molar-refractivity contribution in [1.29, 1.82) is 0 Å². The van der Waals surface area contributed by atoms with E-state index in [2.05, 4.69) is 31.6 Å². The van der Waals surface area contributed by atoms with Crippen LogP contribution in [0.1, 0.15) is 31.9 Å². The molecule has 0 amide bonds. The van der Waals surface area contributed by atoms with Crippen LogP contribution in [0.4, 0.5) is 14.6 Å². The van der Waals surface area contributed by atoms with Gasteiger partial charge in [0, 0.05) is 31.4 Å². The number of halogens is 2. The number of nitrogens with one attached hydrogen (secondary N) is 1. The highest BCUT2D eigenvalue weighted by atomic mass is 32.2. The Hall–Kier alpha value is -2.66. The summed E-state index contributed by atoms with van der Waals surface area (Å²) in [4.78, 5) is 10.9. The molecule has 1 unspecified atom stereocenters. The van der Waals surface area contributed by atoms with E-state index in [0.717, 1.165) is 37.0 Å². The summed E-state index contributed by atoms with van der Waals surface area (Å²) in [5.41, 5.74) is 1.30. The zero-order chi connectivity index (χ0) is 22.2. The van der Waals surface area contributed by atoms with Crippen molar-refractivity contribution in [2.75, 3.05) is 30.8 Å². The van der Waals surface area contributed by atoms with Crippen molar-refractivity contribution >= 4 is 21.5 Å². The van der Waals surface area contributed by atoms with Gasteiger partial charge in [0.15, 0.2) is 5.65 Å². The van der Waals surface area contributed by atoms with Crippen LogP contribution in [0.5, 0.6) is 0 Å². The van der Waals surface area contributed by atoms with Gasteiger partial charge in [-0.2, -0.15) is 5.10 Å². The van der Waals surface area contributed by atoms with Crippen LogP contribution in [0.25, 0.3) is 16.9 Å². The molecule has 8 nitrogen and oxygen atoms in total. The van der Waals surface area contributed by atoms with E-state index in [-0.39, 0.29) is 11.1 Å². The Morgan fingerprint density at radius 3 is 2.81 bits per heavy atom. The van der Waals surface area contributed by atoms with E-state index in [1.54, 1.807) is 18.5 Å². The maximum Gasteiger partial charge on any atom is 0.282 e. The SMILES string of the molecule is CC1(CNS(C)(=O)=O)CCCN(c2cc(-c3cnc4ccc(C(F)F)nn34)ccn2)C1. The Morgan fingerprint density at radius 2 is 2.06 bits per heavy atom. The third-order valence-corrected chi connectivity index (χ3v) is 6.18. The lowest BCUT2D eigenvalue weighted by Crippen LogP contribution is -2.47. The van der Waals surface area contributed by atoms with Crippen LogP contribution in [0.3, 0.4) is 0 Å². The number of rotatable bonds is 6. The van der Waals surface area contributed by atoms with Crippen LogP contribution in [-0.2, 0) is 10.0 Å². The summed E-state index contributed by atoms with van der Waals surface area (Å²) in [6.45, 7) is 3.86. The van der Waals surface area contributed by atoms with Gasteiger partial charge in [0.05, 0.1) is 18.1 Å². The van der Waals surface area contributed by atoms with E-state index in [0.29, 0.717) is 24.4 Å². The van der Waals surface area contributed by atoms with E-state index in [1.807, 2.05) is 6.07 Å². The van der Waals surface area contributed by atoms with Crippen LogP contribution in [0.15, 0.2) is 36.7 Å². The monoisotopic (exact) mass is 450 g/mol. The number of hydrogen-bond acceptors (Lipinski definition) is 6. The van der Waals surface area contributed by atoms with E-state index in [1.165, 1.54) is 16.6 Å². The molecule has 0 saturated carbocycles. The minimum atomic E-state index is -3.26. The molecular weight excluding hydrogens is 426 g/mol. The van der Waals surface area contributed by atoms with Gasteiger partial charge in [-0.25, -0.2) is 36.4 Å². The van der Waals surface area contributed by atoms with Crippen molar-refractivity contribution in [2.45, 2.75) is 26.2 Å². The Kier molecular flexibility index (Phi) is 5.65. The van der Waals surface area contributed by atoms with E-state index < -0.39 is 16.4 Å². The van der Waals surface area contributed by atoms with Crippen LogP contribution in [0, 0.1) is 5.41 Å². The molecule has 166 valence electrons. The molecule has 0 bridgehead atoms. The number of alkyl halides is 2. The summed E-state index contributed by atoms with van der Waals surface area (Å²) < 4.78 is 53.3. The fourth-order valence-electron chi connectivity index (χ4n) is 3.91. The zero-order valence-corrected chi connectivity index (χ0v) is 18.1. The van der Waals surface area contributed by atoms with Gasteiger partial charge in [-0.3, -0.25) is 0 Å². The minimum Gasteiger partial charge on any atom is -0.356 e. The number of sulfonamides is 1. The van der Waals surface area contributed by atoms with Crippen molar-refractivity contribution in [1.82, 2.24) is 24.3 Å². The number of imidazole rings is 1. The molecule has 4 heterocycles. The number of piperidine rings is 1. The Labute approximate surface area is 179 Å². The highest BCUT2D eigenvalue weighted by molar-refractivity contribution is 7.88. The van der Waals surface area contributed by atoms with Crippen molar-refractivity contribution < 1.29 is 17.2 Å². The number of nitrogens with zero attached hydrogens (tertiary/aromatic N) is 5. The summed E-state index contributed by atoms with van der Waals surface area (Å²) in [5.74, 6) is 0.739. The largest absolute Gasteiger partial charge is 0.356 e. The molecule has 0 radical (unpaired) electrons. The smallest absolute Gasteiger partial charge is 0.282 e. The average Bonchev–Trinajstić information content (AvgIpc) is 3.15. The molecule has 1 aliphatic heterocycles. The van der Waals surface area contributed by atoms with Gasteiger partial charge in [0.25, 0.3) is 6.43 Å². The van der Waals surface area contributed by atoms with Gasteiger partial charge < -0.3 is 4.90 Å². The molecule has 31 heavy (non-hydrogen) atoms. The van der Waals surface area contributed by atoms with Gasteiger partial charge in [0.2, 0.25) is 10.0 Å². The van der Waals surface area contributed by atoms with Crippen LogP contribution in [0.2, 0.25) is 0 Å². The summed E-state index contributed by atoms with van der Waals surface area (Å²) >= 11 is 0. The fraction of sp³-hybridized carbons (Fsp3) is 0.450. The highest BCUT2D eigenvalue weighted by Gasteiger charge is 2.32. The maximum atomic E-state index is 13.1. The molecule has 1 saturated heterocycles. The molecule has 3 aromatic rings. The molecule has 0 aliphatic carbocycles. The number of hydrogen-bond donors (Lipinski definition) is 1. The predicted octanol–water partition coefficient (Wildman–Crippen LogP) is 2.88. The first-order valence-electron chi connectivity index (χ1n) is 9.92. The van der Waals surface area contributed by atoms with Gasteiger partial charge in [-0.05, 0) is 42.5 Å². The molecule has 1 aliphatic rings. The fourth-order valence-corrected chi connectivity index (χ4v) is 4.52. The summed E-state index contributed by atoms with van der Waals surface area (Å²) in [7, 11) is -3.26. The van der Waals surface area contributed by atoms with E-state index in [9.17, 15) is 17.2 Å². The standard InChI is InChI=1S/C20H24F2N6O2S/c1-20(12-25-31(2,29)30)7-3-9-27(13-20)18-10-14(6-8-23-18)16-11-24-17-5-4-15(19(21)22)26-28(16)17/h4-6,8,10-11,19,25H,3,7,9,12-13H2,1-2H3. The number of fused-ring (bicyclic) bond motifs is 1. The summed E-state index contributed by atoms with van der Waals surface area (Å²) in [6, 6.07) is 6.47. The first kappa shape index (κ1) is 21.6. The molecule has 1 fully saturated rings. The molecule has 1 N–H and O–H groups in total. The lowest BCUT2D eigenvalue weighted by Gasteiger charge is -2.41. The van der Waals surface area contributed by atoms with E-state index in [4.69, 9.17) is 0 Å². The Bertz CT molecular complexity index is 1200. The molecule has 4 rings (SSSR count). The quantitative estimate of drug-likeness (QED) is 0.621. The third kappa shape index (κ3) is 4.82. The van der Waals surface area contributed by atoms with Gasteiger partial charge >= 0.3 is 0 Å². The van der Waals surface area contributed by atoms with Gasteiger partial charge in [-0.1, -0.05) is 6.92 Å². The average molecular weight is 451 g/mol. The Balaban J connectivity index is 1.62. The van der Waals surface area contributed by atoms with Crippen LogP contribution < -0.4 is 9.62 Å². The number of aromatic nitrogens is 4. The molecule has 0 aromatic carbocycles. The van der Waals surface area contributed by atoms with Crippen molar-refractivity contribution in [3.8, 4) is 11.3 Å². The lowest BCUT2D eigenvalue weighted by atomic mass is 9.82. The summed E-state index contributed by atoms with van der Waals surface area (Å²) in [6.07, 6.45) is 3.57. The molecule has 1 atom stereocenters. The topological polar surface area (TPSA) is 92.5 Å². The normalized spacial score (nSPS) is 20.0. The van der Waals surface area contributed by atoms with E-state index >= 15 is 0 Å². The highest BCUT2D eigenvalue weighted by Crippen LogP contribution is 2.32. The number of anilines is 1. The molecule has 0 spiro atoms. The second kappa shape index (κ2) is 8.12. The second-order valence-corrected chi connectivity index (χ2v) is 10.1. The molecule has 3 aromatic heterocycles. The molecule has 11 heteroatoms. The third-order valence-electron chi connectivity index (χ3n) is 5.51. The lowest BCUT2D eigenvalue weighted by molar-refractivity contribution is 0.144. The van der Waals surface area contributed by atoms with Crippen molar-refractivity contribution in [3.05, 3.63) is 42.4 Å². The first-order valence-corrected chi connectivity index (χ1v) is 11.8. The minimum absolute atomic E-state index is 0.226. The second-order valence-electron chi connectivity index (χ2n) is 8.30. The van der Waals surface area contributed by atoms with Crippen molar-refractivity contribution in [3.63, 3.8) is 0 Å². The van der Waals surface area contributed by atoms with Crippen LogP contribution in [-0.4, -0.2) is 53.9 Å². The number of pyridine rings is 1. The van der Waals surface area contributed by atoms with Crippen molar-refractivity contribution in [2.24, 2.45) is 5.41 Å². The first-order chi connectivity index (χ1) is 14.6. The van der Waals surface area contributed by atoms with Gasteiger partial charge in [0.1, 0.15) is 11.5 Å². The predicted molar refractivity (Wildman–Crippen MR) is 114 cm³/mol.